The van der Waals surface area contributed by atoms with Gasteiger partial charge in [-0.3, -0.25) is 0 Å². The molecular formula is C8H3BrF12. The Morgan fingerprint density at radius 3 is 1.10 bits per heavy atom. The lowest BCUT2D eigenvalue weighted by atomic mass is 9.94. The van der Waals surface area contributed by atoms with Crippen molar-refractivity contribution < 1.29 is 52.7 Å². The molecule has 0 amide bonds. The van der Waals surface area contributed by atoms with Crippen LogP contribution in [0.2, 0.25) is 0 Å². The predicted octanol–water partition coefficient (Wildman–Crippen LogP) is 5.34. The molecule has 0 aliphatic rings. The summed E-state index contributed by atoms with van der Waals surface area (Å²) in [6.07, 6.45) is -1.21. The average Bonchev–Trinajstić information content (AvgIpc) is 2.26. The fourth-order valence-electron chi connectivity index (χ4n) is 0.910. The van der Waals surface area contributed by atoms with Crippen molar-refractivity contribution in [1.82, 2.24) is 0 Å². The highest BCUT2D eigenvalue weighted by Gasteiger charge is 2.89. The van der Waals surface area contributed by atoms with Crippen LogP contribution < -0.4 is 0 Å². The van der Waals surface area contributed by atoms with Crippen LogP contribution in [-0.2, 0) is 0 Å². The van der Waals surface area contributed by atoms with Gasteiger partial charge in [-0.2, -0.15) is 52.7 Å². The van der Waals surface area contributed by atoms with Crippen LogP contribution in [0, 0.1) is 0 Å². The summed E-state index contributed by atoms with van der Waals surface area (Å²) in [5.74, 6) is -35.4. The summed E-state index contributed by atoms with van der Waals surface area (Å²) in [6.45, 7) is 1.95. The second kappa shape index (κ2) is 4.95. The zero-order valence-corrected chi connectivity index (χ0v) is 10.8. The highest BCUT2D eigenvalue weighted by atomic mass is 79.9. The smallest absolute Gasteiger partial charge is 0.195 e. The molecule has 0 aliphatic carbocycles. The molecule has 0 spiro atoms. The Hall–Kier alpha value is -0.620. The molecule has 0 fully saturated rings. The van der Waals surface area contributed by atoms with Crippen LogP contribution in [0.3, 0.4) is 0 Å². The first kappa shape index (κ1) is 20.4. The molecule has 0 aromatic carbocycles. The van der Waals surface area contributed by atoms with Crippen LogP contribution in [0.15, 0.2) is 12.7 Å². The van der Waals surface area contributed by atoms with E-state index in [2.05, 4.69) is 0 Å². The van der Waals surface area contributed by atoms with Gasteiger partial charge >= 0.3 is 34.4 Å². The molecule has 0 bridgehead atoms. The van der Waals surface area contributed by atoms with Gasteiger partial charge in [-0.25, -0.2) is 0 Å². The van der Waals surface area contributed by atoms with Crippen LogP contribution in [0.5, 0.6) is 0 Å². The second-order valence-electron chi connectivity index (χ2n) is 3.62. The van der Waals surface area contributed by atoms with E-state index in [9.17, 15) is 52.7 Å². The lowest BCUT2D eigenvalue weighted by Crippen LogP contribution is -2.69. The summed E-state index contributed by atoms with van der Waals surface area (Å²) in [6, 6.07) is 0. The fraction of sp³-hybridized carbons (Fsp3) is 0.750. The fourth-order valence-corrected chi connectivity index (χ4v) is 1.16. The summed E-state index contributed by atoms with van der Waals surface area (Å²) in [5, 5.41) is 0. The third kappa shape index (κ3) is 2.61. The van der Waals surface area contributed by atoms with E-state index in [1.807, 2.05) is 6.58 Å². The highest BCUT2D eigenvalue weighted by Crippen LogP contribution is 2.61. The molecule has 0 radical (unpaired) electrons. The van der Waals surface area contributed by atoms with Crippen LogP contribution in [-0.4, -0.2) is 34.4 Å². The molecule has 0 N–H and O–H groups in total. The van der Waals surface area contributed by atoms with Crippen LogP contribution in [0.25, 0.3) is 0 Å². The Bertz CT molecular complexity index is 406. The number of hydrogen-bond acceptors (Lipinski definition) is 0. The molecule has 0 heterocycles. The van der Waals surface area contributed by atoms with Gasteiger partial charge in [0, 0.05) is 0 Å². The van der Waals surface area contributed by atoms with E-state index in [4.69, 9.17) is 0 Å². The van der Waals surface area contributed by atoms with E-state index in [0.717, 1.165) is 0 Å². The summed E-state index contributed by atoms with van der Waals surface area (Å²) in [5.41, 5.74) is 0. The van der Waals surface area contributed by atoms with E-state index in [1.165, 1.54) is 0 Å². The third-order valence-electron chi connectivity index (χ3n) is 2.21. The topological polar surface area (TPSA) is 0 Å². The molecule has 0 saturated heterocycles. The third-order valence-corrected chi connectivity index (χ3v) is 2.71. The van der Waals surface area contributed by atoms with E-state index < -0.39 is 40.5 Å². The van der Waals surface area contributed by atoms with Crippen molar-refractivity contribution in [2.45, 2.75) is 34.4 Å². The van der Waals surface area contributed by atoms with Crippen molar-refractivity contribution in [1.29, 1.82) is 0 Å². The summed E-state index contributed by atoms with van der Waals surface area (Å²) >= 11 is 0.613. The minimum absolute atomic E-state index is 0.613. The lowest BCUT2D eigenvalue weighted by Gasteiger charge is -2.39. The maximum atomic E-state index is 12.8. The summed E-state index contributed by atoms with van der Waals surface area (Å²) in [7, 11) is 0. The van der Waals surface area contributed by atoms with Crippen molar-refractivity contribution in [3.63, 3.8) is 0 Å². The van der Waals surface area contributed by atoms with E-state index in [0.29, 0.717) is 15.9 Å². The first-order chi connectivity index (χ1) is 8.81. The van der Waals surface area contributed by atoms with Gasteiger partial charge in [0.05, 0.1) is 0 Å². The minimum atomic E-state index is -7.53. The first-order valence-electron chi connectivity index (χ1n) is 4.40. The Balaban J connectivity index is 6.20. The van der Waals surface area contributed by atoms with Crippen molar-refractivity contribution in [3.8, 4) is 0 Å². The molecule has 0 aliphatic heterocycles. The molecular weight excluding hydrogens is 404 g/mol. The molecule has 0 saturated carbocycles. The predicted molar refractivity (Wildman–Crippen MR) is 48.8 cm³/mol. The Morgan fingerprint density at radius 1 is 0.571 bits per heavy atom. The maximum Gasteiger partial charge on any atom is 0.388 e. The van der Waals surface area contributed by atoms with Crippen molar-refractivity contribution in [2.75, 3.05) is 0 Å². The summed E-state index contributed by atoms with van der Waals surface area (Å²) in [4.78, 5) is -6.08. The molecule has 0 nitrogen and oxygen atoms in total. The largest absolute Gasteiger partial charge is 0.388 e. The molecule has 13 heteroatoms. The standard InChI is InChI=1S/C8H3BrF12/c1-2-3(10,11)4(12,13)5(14,15)6(16,17)7(18,19)8(9,20)21/h2H,1H2. The van der Waals surface area contributed by atoms with Gasteiger partial charge in [0.25, 0.3) is 0 Å². The minimum Gasteiger partial charge on any atom is -0.195 e. The van der Waals surface area contributed by atoms with Gasteiger partial charge in [-0.05, 0) is 22.0 Å². The van der Waals surface area contributed by atoms with Gasteiger partial charge in [-0.1, -0.05) is 6.58 Å². The Labute approximate surface area is 116 Å². The van der Waals surface area contributed by atoms with Crippen molar-refractivity contribution >= 4 is 15.9 Å². The number of rotatable bonds is 6. The second-order valence-corrected chi connectivity index (χ2v) is 4.62. The number of halogens is 13. The SMILES string of the molecule is C=CC(F)(F)C(F)(F)C(F)(F)C(F)(F)C(F)(F)C(F)(F)Br. The normalized spacial score (nSPS) is 16.0. The zero-order valence-electron chi connectivity index (χ0n) is 9.20. The van der Waals surface area contributed by atoms with Gasteiger partial charge in [0.15, 0.2) is 0 Å². The molecule has 0 aromatic heterocycles. The van der Waals surface area contributed by atoms with Gasteiger partial charge < -0.3 is 0 Å². The van der Waals surface area contributed by atoms with Crippen molar-refractivity contribution in [3.05, 3.63) is 12.7 Å². The highest BCUT2D eigenvalue weighted by molar-refractivity contribution is 9.10. The molecule has 21 heavy (non-hydrogen) atoms. The van der Waals surface area contributed by atoms with Gasteiger partial charge in [0.2, 0.25) is 0 Å². The molecule has 0 rings (SSSR count). The Kier molecular flexibility index (Phi) is 4.80. The number of hydrogen-bond donors (Lipinski definition) is 0. The number of allylic oxidation sites excluding steroid dienone is 1. The van der Waals surface area contributed by atoms with Crippen LogP contribution in [0.4, 0.5) is 52.7 Å². The quantitative estimate of drug-likeness (QED) is 0.317. The molecule has 0 atom stereocenters. The first-order valence-corrected chi connectivity index (χ1v) is 5.20. The summed E-state index contributed by atoms with van der Waals surface area (Å²) < 4.78 is 151. The number of alkyl halides is 13. The Morgan fingerprint density at radius 2 is 0.857 bits per heavy atom. The van der Waals surface area contributed by atoms with Crippen molar-refractivity contribution in [2.24, 2.45) is 0 Å². The van der Waals surface area contributed by atoms with Crippen LogP contribution >= 0.6 is 15.9 Å². The van der Waals surface area contributed by atoms with Gasteiger partial charge in [0.1, 0.15) is 0 Å². The lowest BCUT2D eigenvalue weighted by molar-refractivity contribution is -0.409. The van der Waals surface area contributed by atoms with E-state index >= 15 is 0 Å². The van der Waals surface area contributed by atoms with E-state index in [1.54, 1.807) is 0 Å². The maximum absolute atomic E-state index is 12.8. The molecule has 126 valence electrons. The molecule has 0 aromatic rings. The average molecular weight is 407 g/mol. The zero-order chi connectivity index (χ0) is 17.7. The van der Waals surface area contributed by atoms with Gasteiger partial charge in [-0.15, -0.1) is 0 Å². The molecule has 0 unspecified atom stereocenters. The van der Waals surface area contributed by atoms with Crippen LogP contribution in [0.1, 0.15) is 0 Å². The van der Waals surface area contributed by atoms with E-state index in [-0.39, 0.29) is 0 Å². The monoisotopic (exact) mass is 406 g/mol.